The third-order valence-electron chi connectivity index (χ3n) is 3.34. The number of carbonyl (C=O) groups is 2. The van der Waals surface area contributed by atoms with Crippen molar-refractivity contribution in [2.75, 3.05) is 26.0 Å². The average molecular weight is 358 g/mol. The van der Waals surface area contributed by atoms with Crippen LogP contribution in [-0.2, 0) is 9.59 Å². The molecule has 0 heterocycles. The molecule has 0 radical (unpaired) electrons. The van der Waals surface area contributed by atoms with Crippen LogP contribution in [0, 0.1) is 0 Å². The minimum atomic E-state index is -2.66. The molecule has 0 saturated carbocycles. The largest absolute Gasteiger partial charge is 0.488 e. The summed E-state index contributed by atoms with van der Waals surface area (Å²) in [5.41, 5.74) is 9.36. The second-order valence-corrected chi connectivity index (χ2v) is 5.33. The van der Waals surface area contributed by atoms with E-state index in [0.717, 1.165) is 0 Å². The van der Waals surface area contributed by atoms with Crippen LogP contribution in [0.1, 0.15) is 12.5 Å². The van der Waals surface area contributed by atoms with Crippen molar-refractivity contribution >= 4 is 23.2 Å². The van der Waals surface area contributed by atoms with Gasteiger partial charge in [-0.05, 0) is 25.1 Å². The van der Waals surface area contributed by atoms with Crippen LogP contribution in [0.3, 0.4) is 0 Å². The van der Waals surface area contributed by atoms with Crippen molar-refractivity contribution in [3.8, 4) is 5.75 Å². The van der Waals surface area contributed by atoms with Gasteiger partial charge in [0.2, 0.25) is 5.91 Å². The van der Waals surface area contributed by atoms with Gasteiger partial charge in [-0.1, -0.05) is 0 Å². The van der Waals surface area contributed by atoms with Gasteiger partial charge in [0.05, 0.1) is 6.61 Å². The lowest BCUT2D eigenvalue weighted by Gasteiger charge is -2.25. The lowest BCUT2D eigenvalue weighted by Crippen LogP contribution is -2.59. The fourth-order valence-electron chi connectivity index (χ4n) is 1.82. The van der Waals surface area contributed by atoms with Gasteiger partial charge in [-0.2, -0.15) is 0 Å². The quantitative estimate of drug-likeness (QED) is 0.373. The van der Waals surface area contributed by atoms with Gasteiger partial charge in [-0.25, -0.2) is 8.78 Å². The number of primary amides is 1. The Kier molecular flexibility index (Phi) is 6.80. The highest BCUT2D eigenvalue weighted by molar-refractivity contribution is 6.46. The van der Waals surface area contributed by atoms with Crippen molar-refractivity contribution in [3.05, 3.63) is 23.8 Å². The highest BCUT2D eigenvalue weighted by atomic mass is 19.3. The number of nitrogens with zero attached hydrogens (tertiary/aromatic N) is 1. The van der Waals surface area contributed by atoms with E-state index in [1.165, 1.54) is 32.2 Å². The summed E-state index contributed by atoms with van der Waals surface area (Å²) in [5, 5.41) is 11.6. The van der Waals surface area contributed by atoms with Crippen LogP contribution in [0.15, 0.2) is 23.2 Å². The topological polar surface area (TPSA) is 140 Å². The molecule has 0 bridgehead atoms. The van der Waals surface area contributed by atoms with Gasteiger partial charge in [0, 0.05) is 18.3 Å². The Morgan fingerprint density at radius 1 is 1.44 bits per heavy atom. The Morgan fingerprint density at radius 2 is 2.08 bits per heavy atom. The molecule has 8 nitrogen and oxygen atoms in total. The van der Waals surface area contributed by atoms with Gasteiger partial charge in [0.15, 0.2) is 0 Å². The summed E-state index contributed by atoms with van der Waals surface area (Å²) in [7, 11) is 1.31. The first-order chi connectivity index (χ1) is 11.6. The van der Waals surface area contributed by atoms with Gasteiger partial charge in [-0.15, -0.1) is 0 Å². The molecule has 0 saturated heterocycles. The maximum absolute atomic E-state index is 12.4. The average Bonchev–Trinajstić information content (AvgIpc) is 2.55. The monoisotopic (exact) mass is 358 g/mol. The van der Waals surface area contributed by atoms with Crippen molar-refractivity contribution in [3.63, 3.8) is 0 Å². The van der Waals surface area contributed by atoms with E-state index in [-0.39, 0.29) is 22.7 Å². The lowest BCUT2D eigenvalue weighted by atomic mass is 10.0. The van der Waals surface area contributed by atoms with Crippen LogP contribution in [0.25, 0.3) is 0 Å². The predicted molar refractivity (Wildman–Crippen MR) is 87.6 cm³/mol. The first-order valence-corrected chi connectivity index (χ1v) is 7.15. The highest BCUT2D eigenvalue weighted by Crippen LogP contribution is 2.21. The number of nitrogens with two attached hydrogens (primary N) is 2. The zero-order valence-electron chi connectivity index (χ0n) is 13.8. The molecule has 25 heavy (non-hydrogen) atoms. The molecule has 1 aromatic rings. The third kappa shape index (κ3) is 5.11. The zero-order valence-corrected chi connectivity index (χ0v) is 13.8. The van der Waals surface area contributed by atoms with E-state index in [1.54, 1.807) is 0 Å². The summed E-state index contributed by atoms with van der Waals surface area (Å²) in [5.74, 6) is -1.70. The predicted octanol–water partition coefficient (Wildman–Crippen LogP) is -0.316. The Balaban J connectivity index is 3.12. The SMILES string of the molecule is CN=C(C(=O)NC(C)(CO)C(N)=O)c1cc(OCC(F)F)ccc1N. The molecule has 1 unspecified atom stereocenters. The molecule has 0 aliphatic rings. The van der Waals surface area contributed by atoms with Crippen LogP contribution in [0.2, 0.25) is 0 Å². The van der Waals surface area contributed by atoms with E-state index in [4.69, 9.17) is 16.2 Å². The molecule has 1 rings (SSSR count). The van der Waals surface area contributed by atoms with Gasteiger partial charge in [-0.3, -0.25) is 14.6 Å². The van der Waals surface area contributed by atoms with E-state index in [9.17, 15) is 23.5 Å². The summed E-state index contributed by atoms with van der Waals surface area (Å²) in [4.78, 5) is 27.6. The number of aliphatic hydroxyl groups excluding tert-OH is 1. The molecule has 2 amide bonds. The van der Waals surface area contributed by atoms with E-state index >= 15 is 0 Å². The number of anilines is 1. The molecule has 0 aliphatic heterocycles. The van der Waals surface area contributed by atoms with E-state index in [0.29, 0.717) is 0 Å². The summed E-state index contributed by atoms with van der Waals surface area (Å²) in [6.45, 7) is -0.303. The maximum atomic E-state index is 12.4. The third-order valence-corrected chi connectivity index (χ3v) is 3.34. The number of aliphatic imine (C=N–C) groups is 1. The minimum Gasteiger partial charge on any atom is -0.488 e. The van der Waals surface area contributed by atoms with Crippen molar-refractivity contribution in [1.29, 1.82) is 0 Å². The standard InChI is InChI=1S/C15H20F2N4O4/c1-15(7-22,14(19)24)21-13(23)12(20-2)9-5-8(3-4-10(9)18)25-6-11(16)17/h3-5,11,22H,6-7,18H2,1-2H3,(H2,19,24)(H,21,23). The maximum Gasteiger partial charge on any atom is 0.272 e. The van der Waals surface area contributed by atoms with Gasteiger partial charge < -0.3 is 26.6 Å². The second-order valence-electron chi connectivity index (χ2n) is 5.33. The molecular formula is C15H20F2N4O4. The zero-order chi connectivity index (χ0) is 19.2. The first-order valence-electron chi connectivity index (χ1n) is 7.15. The molecule has 10 heteroatoms. The fourth-order valence-corrected chi connectivity index (χ4v) is 1.82. The number of nitrogens with one attached hydrogen (secondary N) is 1. The summed E-state index contributed by atoms with van der Waals surface area (Å²) in [6, 6.07) is 4.02. The number of alkyl halides is 2. The Hall–Kier alpha value is -2.75. The van der Waals surface area contributed by atoms with Crippen LogP contribution in [-0.4, -0.2) is 54.9 Å². The Bertz CT molecular complexity index is 681. The smallest absolute Gasteiger partial charge is 0.272 e. The highest BCUT2D eigenvalue weighted by Gasteiger charge is 2.34. The first kappa shape index (κ1) is 20.3. The number of carbonyl (C=O) groups excluding carboxylic acids is 2. The summed E-state index contributed by atoms with van der Waals surface area (Å²) in [6.07, 6.45) is -2.66. The molecule has 0 spiro atoms. The normalized spacial score (nSPS) is 14.1. The molecular weight excluding hydrogens is 338 g/mol. The van der Waals surface area contributed by atoms with E-state index in [1.807, 2.05) is 0 Å². The lowest BCUT2D eigenvalue weighted by molar-refractivity contribution is -0.129. The van der Waals surface area contributed by atoms with Gasteiger partial charge in [0.1, 0.15) is 23.6 Å². The molecule has 0 aliphatic carbocycles. The number of hydrogen-bond acceptors (Lipinski definition) is 6. The van der Waals surface area contributed by atoms with Crippen molar-refractivity contribution in [2.24, 2.45) is 10.7 Å². The number of hydrogen-bond donors (Lipinski definition) is 4. The number of aliphatic hydroxyl groups is 1. The number of nitrogen functional groups attached to an aromatic ring is 1. The summed E-state index contributed by atoms with van der Waals surface area (Å²) < 4.78 is 29.4. The number of rotatable bonds is 8. The Labute approximate surface area is 142 Å². The van der Waals surface area contributed by atoms with Crippen LogP contribution in [0.4, 0.5) is 14.5 Å². The van der Waals surface area contributed by atoms with Crippen molar-refractivity contribution in [1.82, 2.24) is 5.32 Å². The molecule has 0 fully saturated rings. The number of ether oxygens (including phenoxy) is 1. The number of amides is 2. The van der Waals surface area contributed by atoms with Crippen molar-refractivity contribution < 1.29 is 28.2 Å². The molecule has 1 atom stereocenters. The molecule has 138 valence electrons. The van der Waals surface area contributed by atoms with E-state index in [2.05, 4.69) is 10.3 Å². The van der Waals surface area contributed by atoms with Crippen LogP contribution >= 0.6 is 0 Å². The van der Waals surface area contributed by atoms with Crippen LogP contribution < -0.4 is 21.5 Å². The summed E-state index contributed by atoms with van der Waals surface area (Å²) >= 11 is 0. The molecule has 6 N–H and O–H groups in total. The van der Waals surface area contributed by atoms with Gasteiger partial charge >= 0.3 is 0 Å². The second kappa shape index (κ2) is 8.38. The van der Waals surface area contributed by atoms with Gasteiger partial charge in [0.25, 0.3) is 12.3 Å². The number of benzene rings is 1. The number of halogens is 2. The van der Waals surface area contributed by atoms with Crippen molar-refractivity contribution in [2.45, 2.75) is 18.9 Å². The van der Waals surface area contributed by atoms with Crippen LogP contribution in [0.5, 0.6) is 5.75 Å². The molecule has 0 aromatic heterocycles. The molecule has 1 aromatic carbocycles. The Morgan fingerprint density at radius 3 is 2.56 bits per heavy atom. The minimum absolute atomic E-state index is 0.0678. The van der Waals surface area contributed by atoms with E-state index < -0.39 is 37.0 Å². The fraction of sp³-hybridized carbons (Fsp3) is 0.400.